The Labute approximate surface area is 142 Å². The quantitative estimate of drug-likeness (QED) is 0.798. The van der Waals surface area contributed by atoms with Gasteiger partial charge in [-0.25, -0.2) is 0 Å². The van der Waals surface area contributed by atoms with Crippen LogP contribution in [-0.2, 0) is 9.59 Å². The zero-order valence-electron chi connectivity index (χ0n) is 14.2. The molecule has 0 atom stereocenters. The highest BCUT2D eigenvalue weighted by Crippen LogP contribution is 2.26. The van der Waals surface area contributed by atoms with E-state index in [0.717, 1.165) is 12.8 Å². The van der Waals surface area contributed by atoms with Gasteiger partial charge in [-0.05, 0) is 38.0 Å². The molecule has 1 aliphatic heterocycles. The largest absolute Gasteiger partial charge is 0.336 e. The highest BCUT2D eigenvalue weighted by atomic mass is 16.2. The van der Waals surface area contributed by atoms with Gasteiger partial charge < -0.3 is 4.90 Å². The number of carbonyl (C=O) groups excluding carboxylic acids is 3. The summed E-state index contributed by atoms with van der Waals surface area (Å²) >= 11 is 0. The first-order valence-corrected chi connectivity index (χ1v) is 8.88. The second-order valence-corrected chi connectivity index (χ2v) is 6.56. The molecule has 2 fully saturated rings. The van der Waals surface area contributed by atoms with Gasteiger partial charge >= 0.3 is 0 Å². The third-order valence-electron chi connectivity index (χ3n) is 5.02. The summed E-state index contributed by atoms with van der Waals surface area (Å²) in [6.07, 6.45) is 6.21. The van der Waals surface area contributed by atoms with Crippen molar-refractivity contribution in [3.63, 3.8) is 0 Å². The number of imide groups is 1. The summed E-state index contributed by atoms with van der Waals surface area (Å²) in [7, 11) is 0. The molecule has 3 amide bonds. The Morgan fingerprint density at radius 3 is 2.42 bits per heavy atom. The van der Waals surface area contributed by atoms with Crippen LogP contribution in [0.5, 0.6) is 0 Å². The van der Waals surface area contributed by atoms with Crippen molar-refractivity contribution < 1.29 is 14.4 Å². The molecule has 0 unspecified atom stereocenters. The second-order valence-electron chi connectivity index (χ2n) is 6.56. The fraction of sp³-hybridized carbons (Fsp3) is 0.526. The first-order valence-electron chi connectivity index (χ1n) is 8.88. The number of benzene rings is 1. The van der Waals surface area contributed by atoms with E-state index in [1.165, 1.54) is 24.2 Å². The zero-order chi connectivity index (χ0) is 17.1. The summed E-state index contributed by atoms with van der Waals surface area (Å²) in [5, 5.41) is 0. The van der Waals surface area contributed by atoms with Crippen molar-refractivity contribution in [1.82, 2.24) is 4.90 Å². The molecule has 1 aromatic rings. The summed E-state index contributed by atoms with van der Waals surface area (Å²) in [4.78, 5) is 39.9. The topological polar surface area (TPSA) is 57.7 Å². The SMILES string of the molecule is CCN(C(=O)c1cccc(N2C(=O)CCC2=O)c1)C1CCCCC1. The molecule has 24 heavy (non-hydrogen) atoms. The first kappa shape index (κ1) is 16.7. The molecule has 0 spiro atoms. The summed E-state index contributed by atoms with van der Waals surface area (Å²) in [6.45, 7) is 2.68. The fourth-order valence-corrected chi connectivity index (χ4v) is 3.77. The Kier molecular flexibility index (Phi) is 4.97. The molecule has 1 saturated carbocycles. The normalized spacial score (nSPS) is 19.0. The van der Waals surface area contributed by atoms with Crippen LogP contribution in [0.1, 0.15) is 62.2 Å². The van der Waals surface area contributed by atoms with Crippen LogP contribution in [0, 0.1) is 0 Å². The number of anilines is 1. The van der Waals surface area contributed by atoms with Crippen LogP contribution in [0.15, 0.2) is 24.3 Å². The van der Waals surface area contributed by atoms with Crippen LogP contribution in [0.25, 0.3) is 0 Å². The minimum atomic E-state index is -0.191. The van der Waals surface area contributed by atoms with Gasteiger partial charge in [0.25, 0.3) is 5.91 Å². The lowest BCUT2D eigenvalue weighted by atomic mass is 9.93. The van der Waals surface area contributed by atoms with E-state index in [2.05, 4.69) is 0 Å². The second kappa shape index (κ2) is 7.16. The van der Waals surface area contributed by atoms with Crippen LogP contribution in [0.2, 0.25) is 0 Å². The van der Waals surface area contributed by atoms with Gasteiger partial charge in [-0.1, -0.05) is 25.3 Å². The molecule has 0 N–H and O–H groups in total. The number of hydrogen-bond acceptors (Lipinski definition) is 3. The third kappa shape index (κ3) is 3.21. The van der Waals surface area contributed by atoms with E-state index >= 15 is 0 Å². The molecule has 1 heterocycles. The molecular weight excluding hydrogens is 304 g/mol. The smallest absolute Gasteiger partial charge is 0.254 e. The van der Waals surface area contributed by atoms with E-state index in [0.29, 0.717) is 23.8 Å². The number of hydrogen-bond donors (Lipinski definition) is 0. The highest BCUT2D eigenvalue weighted by molar-refractivity contribution is 6.20. The highest BCUT2D eigenvalue weighted by Gasteiger charge is 2.31. The maximum Gasteiger partial charge on any atom is 0.254 e. The molecule has 5 heteroatoms. The van der Waals surface area contributed by atoms with Gasteiger partial charge in [0.2, 0.25) is 11.8 Å². The predicted molar refractivity (Wildman–Crippen MR) is 91.8 cm³/mol. The maximum atomic E-state index is 12.9. The van der Waals surface area contributed by atoms with Crippen molar-refractivity contribution in [3.05, 3.63) is 29.8 Å². The Bertz CT molecular complexity index is 634. The van der Waals surface area contributed by atoms with Crippen LogP contribution < -0.4 is 4.90 Å². The Morgan fingerprint density at radius 2 is 1.79 bits per heavy atom. The third-order valence-corrected chi connectivity index (χ3v) is 5.02. The van der Waals surface area contributed by atoms with Crippen LogP contribution >= 0.6 is 0 Å². The van der Waals surface area contributed by atoms with Gasteiger partial charge in [0.05, 0.1) is 5.69 Å². The van der Waals surface area contributed by atoms with Crippen LogP contribution in [0.4, 0.5) is 5.69 Å². The average Bonchev–Trinajstić information content (AvgIpc) is 2.95. The summed E-state index contributed by atoms with van der Waals surface area (Å²) in [5.74, 6) is -0.390. The molecule has 1 aliphatic carbocycles. The van der Waals surface area contributed by atoms with Gasteiger partial charge in [0, 0.05) is 31.0 Å². The molecule has 0 radical (unpaired) electrons. The minimum absolute atomic E-state index is 0.00894. The summed E-state index contributed by atoms with van der Waals surface area (Å²) in [5.41, 5.74) is 1.06. The first-order chi connectivity index (χ1) is 11.6. The lowest BCUT2D eigenvalue weighted by Gasteiger charge is -2.33. The molecule has 1 saturated heterocycles. The molecule has 0 bridgehead atoms. The lowest BCUT2D eigenvalue weighted by molar-refractivity contribution is -0.121. The number of amides is 3. The van der Waals surface area contributed by atoms with Crippen molar-refractivity contribution in [2.45, 2.75) is 57.9 Å². The number of nitrogens with zero attached hydrogens (tertiary/aromatic N) is 2. The molecule has 0 aromatic heterocycles. The Hall–Kier alpha value is -2.17. The lowest BCUT2D eigenvalue weighted by Crippen LogP contribution is -2.41. The standard InChI is InChI=1S/C19H24N2O3/c1-2-20(15-8-4-3-5-9-15)19(24)14-7-6-10-16(13-14)21-17(22)11-12-18(21)23/h6-7,10,13,15H,2-5,8-9,11-12H2,1H3. The molecular formula is C19H24N2O3. The molecule has 5 nitrogen and oxygen atoms in total. The van der Waals surface area contributed by atoms with E-state index in [1.807, 2.05) is 11.8 Å². The van der Waals surface area contributed by atoms with Gasteiger partial charge in [-0.3, -0.25) is 19.3 Å². The monoisotopic (exact) mass is 328 g/mol. The maximum absolute atomic E-state index is 12.9. The van der Waals surface area contributed by atoms with Crippen LogP contribution in [-0.4, -0.2) is 35.2 Å². The molecule has 1 aromatic carbocycles. The molecule has 3 rings (SSSR count). The van der Waals surface area contributed by atoms with E-state index in [-0.39, 0.29) is 30.6 Å². The van der Waals surface area contributed by atoms with Gasteiger partial charge in [-0.15, -0.1) is 0 Å². The van der Waals surface area contributed by atoms with Crippen molar-refractivity contribution in [3.8, 4) is 0 Å². The van der Waals surface area contributed by atoms with E-state index < -0.39 is 0 Å². The minimum Gasteiger partial charge on any atom is -0.336 e. The molecule has 2 aliphatic rings. The van der Waals surface area contributed by atoms with Crippen molar-refractivity contribution >= 4 is 23.4 Å². The van der Waals surface area contributed by atoms with Crippen LogP contribution in [0.3, 0.4) is 0 Å². The van der Waals surface area contributed by atoms with E-state index in [4.69, 9.17) is 0 Å². The van der Waals surface area contributed by atoms with Gasteiger partial charge in [0.1, 0.15) is 0 Å². The van der Waals surface area contributed by atoms with Gasteiger partial charge in [0.15, 0.2) is 0 Å². The predicted octanol–water partition coefficient (Wildman–Crippen LogP) is 3.13. The van der Waals surface area contributed by atoms with E-state index in [1.54, 1.807) is 24.3 Å². The Morgan fingerprint density at radius 1 is 1.12 bits per heavy atom. The summed E-state index contributed by atoms with van der Waals surface area (Å²) in [6, 6.07) is 7.21. The van der Waals surface area contributed by atoms with Crippen molar-refractivity contribution in [2.75, 3.05) is 11.4 Å². The summed E-state index contributed by atoms with van der Waals surface area (Å²) < 4.78 is 0. The van der Waals surface area contributed by atoms with Crippen molar-refractivity contribution in [1.29, 1.82) is 0 Å². The van der Waals surface area contributed by atoms with E-state index in [9.17, 15) is 14.4 Å². The zero-order valence-corrected chi connectivity index (χ0v) is 14.2. The number of rotatable bonds is 4. The molecule has 128 valence electrons. The van der Waals surface area contributed by atoms with Crippen molar-refractivity contribution in [2.24, 2.45) is 0 Å². The van der Waals surface area contributed by atoms with Gasteiger partial charge in [-0.2, -0.15) is 0 Å². The fourth-order valence-electron chi connectivity index (χ4n) is 3.77. The Balaban J connectivity index is 1.83. The number of carbonyl (C=O) groups is 3. The average molecular weight is 328 g/mol.